The highest BCUT2D eigenvalue weighted by molar-refractivity contribution is 6.32. The largest absolute Gasteiger partial charge is 0.489 e. The molecule has 0 unspecified atom stereocenters. The van der Waals surface area contributed by atoms with Crippen LogP contribution in [0.5, 0.6) is 5.75 Å². The summed E-state index contributed by atoms with van der Waals surface area (Å²) in [6.07, 6.45) is 10.7. The average Bonchev–Trinajstić information content (AvgIpc) is 2.79. The number of ether oxygens (including phenoxy) is 1. The van der Waals surface area contributed by atoms with E-state index in [0.717, 1.165) is 55.7 Å². The van der Waals surface area contributed by atoms with Crippen molar-refractivity contribution in [2.75, 3.05) is 38.5 Å². The summed E-state index contributed by atoms with van der Waals surface area (Å²) >= 11 is 6.28. The Hall–Kier alpha value is -3.15. The summed E-state index contributed by atoms with van der Waals surface area (Å²) in [7, 11) is 2.14. The lowest BCUT2D eigenvalue weighted by Gasteiger charge is -2.57. The van der Waals surface area contributed by atoms with Crippen LogP contribution in [0.1, 0.15) is 30.5 Å². The zero-order valence-corrected chi connectivity index (χ0v) is 19.9. The summed E-state index contributed by atoms with van der Waals surface area (Å²) in [5, 5.41) is 12.4. The van der Waals surface area contributed by atoms with Gasteiger partial charge in [-0.3, -0.25) is 9.78 Å². The molecule has 1 amide bonds. The molecule has 5 rings (SSSR count). The second-order valence-corrected chi connectivity index (χ2v) is 10.0. The monoisotopic (exact) mass is 478 g/mol. The van der Waals surface area contributed by atoms with Crippen LogP contribution in [0.15, 0.2) is 36.7 Å². The van der Waals surface area contributed by atoms with Crippen LogP contribution in [0, 0.1) is 16.9 Å². The Kier molecular flexibility index (Phi) is 6.15. The van der Waals surface area contributed by atoms with Gasteiger partial charge in [-0.2, -0.15) is 5.26 Å². The number of nitriles is 1. The SMILES string of the molecule is CN1CC2(CC(Oc3cc(NC(=O)Cc4ccc(C5=CCCN(C#N)C5)nc4)ncc3Cl)C2)C1. The average molecular weight is 479 g/mol. The lowest BCUT2D eigenvalue weighted by Crippen LogP contribution is -2.63. The van der Waals surface area contributed by atoms with Crippen molar-refractivity contribution >= 4 is 28.9 Å². The molecular weight excluding hydrogens is 452 g/mol. The topological polar surface area (TPSA) is 94.4 Å². The number of aromatic nitrogens is 2. The number of likely N-dealkylation sites (tertiary alicyclic amines) is 1. The quantitative estimate of drug-likeness (QED) is 0.636. The minimum absolute atomic E-state index is 0.154. The molecule has 0 atom stereocenters. The molecule has 8 nitrogen and oxygen atoms in total. The van der Waals surface area contributed by atoms with Crippen molar-refractivity contribution in [3.63, 3.8) is 0 Å². The Morgan fingerprint density at radius 3 is 2.85 bits per heavy atom. The number of pyridine rings is 2. The van der Waals surface area contributed by atoms with E-state index in [1.807, 2.05) is 12.1 Å². The number of hydrogen-bond acceptors (Lipinski definition) is 7. The Labute approximate surface area is 204 Å². The standard InChI is InChI=1S/C25H27ClN6O2/c1-31-14-25(15-31)9-19(10-25)34-22-8-23(29-12-20(22)26)30-24(33)7-17-4-5-21(28-11-17)18-3-2-6-32(13-18)16-27/h3-5,8,11-12,19H,2,6-7,9-10,13-15H2,1H3,(H,29,30,33). The number of amides is 1. The fourth-order valence-electron chi connectivity index (χ4n) is 5.21. The van der Waals surface area contributed by atoms with E-state index in [4.69, 9.17) is 21.6 Å². The van der Waals surface area contributed by atoms with Crippen LogP contribution in [0.2, 0.25) is 5.02 Å². The summed E-state index contributed by atoms with van der Waals surface area (Å²) in [4.78, 5) is 25.3. The summed E-state index contributed by atoms with van der Waals surface area (Å²) < 4.78 is 6.09. The molecule has 1 saturated carbocycles. The maximum atomic E-state index is 12.6. The van der Waals surface area contributed by atoms with Gasteiger partial charge in [-0.25, -0.2) is 4.98 Å². The lowest BCUT2D eigenvalue weighted by atomic mass is 9.62. The van der Waals surface area contributed by atoms with Crippen LogP contribution in [-0.2, 0) is 11.2 Å². The van der Waals surface area contributed by atoms with Gasteiger partial charge in [-0.15, -0.1) is 0 Å². The van der Waals surface area contributed by atoms with Crippen molar-refractivity contribution in [3.05, 3.63) is 52.9 Å². The lowest BCUT2D eigenvalue weighted by molar-refractivity contribution is -0.115. The van der Waals surface area contributed by atoms with Gasteiger partial charge in [-0.1, -0.05) is 23.7 Å². The van der Waals surface area contributed by atoms with Crippen LogP contribution in [-0.4, -0.2) is 65.0 Å². The predicted octanol–water partition coefficient (Wildman–Crippen LogP) is 3.35. The number of rotatable bonds is 6. The highest BCUT2D eigenvalue weighted by atomic mass is 35.5. The van der Waals surface area contributed by atoms with Crippen LogP contribution in [0.4, 0.5) is 5.82 Å². The minimum Gasteiger partial charge on any atom is -0.489 e. The molecule has 2 fully saturated rings. The van der Waals surface area contributed by atoms with Crippen LogP contribution in [0.3, 0.4) is 0 Å². The van der Waals surface area contributed by atoms with Gasteiger partial charge in [0.25, 0.3) is 0 Å². The van der Waals surface area contributed by atoms with Crippen LogP contribution >= 0.6 is 11.6 Å². The van der Waals surface area contributed by atoms with Crippen molar-refractivity contribution in [2.24, 2.45) is 5.41 Å². The van der Waals surface area contributed by atoms with E-state index >= 15 is 0 Å². The van der Waals surface area contributed by atoms with Crippen molar-refractivity contribution in [1.29, 1.82) is 5.26 Å². The molecule has 1 saturated heterocycles. The number of hydrogen-bond donors (Lipinski definition) is 1. The van der Waals surface area contributed by atoms with E-state index in [1.54, 1.807) is 17.2 Å². The maximum Gasteiger partial charge on any atom is 0.230 e. The summed E-state index contributed by atoms with van der Waals surface area (Å²) in [5.74, 6) is 0.774. The third-order valence-corrected chi connectivity index (χ3v) is 7.01. The van der Waals surface area contributed by atoms with Crippen molar-refractivity contribution in [3.8, 4) is 11.9 Å². The zero-order valence-electron chi connectivity index (χ0n) is 19.1. The van der Waals surface area contributed by atoms with E-state index in [1.165, 1.54) is 6.20 Å². The Morgan fingerprint density at radius 1 is 1.32 bits per heavy atom. The van der Waals surface area contributed by atoms with Crippen molar-refractivity contribution in [2.45, 2.75) is 31.8 Å². The third-order valence-electron chi connectivity index (χ3n) is 6.72. The van der Waals surface area contributed by atoms with Crippen molar-refractivity contribution in [1.82, 2.24) is 19.8 Å². The molecule has 0 aromatic carbocycles. The zero-order chi connectivity index (χ0) is 23.7. The Bertz CT molecular complexity index is 1140. The van der Waals surface area contributed by atoms with Gasteiger partial charge in [0, 0.05) is 37.3 Å². The number of nitrogens with zero attached hydrogens (tertiary/aromatic N) is 5. The molecular formula is C25H27ClN6O2. The summed E-state index contributed by atoms with van der Waals surface area (Å²) in [6.45, 7) is 3.56. The van der Waals surface area contributed by atoms with Gasteiger partial charge < -0.3 is 19.9 Å². The normalized spacial score (nSPS) is 19.6. The molecule has 0 radical (unpaired) electrons. The molecule has 3 aliphatic rings. The first-order valence-corrected chi connectivity index (χ1v) is 11.9. The number of anilines is 1. The molecule has 0 bridgehead atoms. The highest BCUT2D eigenvalue weighted by Gasteiger charge is 2.52. The fourth-order valence-corrected chi connectivity index (χ4v) is 5.36. The van der Waals surface area contributed by atoms with E-state index in [-0.39, 0.29) is 18.4 Å². The molecule has 176 valence electrons. The van der Waals surface area contributed by atoms with Gasteiger partial charge in [-0.05, 0) is 43.5 Å². The predicted molar refractivity (Wildman–Crippen MR) is 129 cm³/mol. The summed E-state index contributed by atoms with van der Waals surface area (Å²) in [5.41, 5.74) is 3.08. The molecule has 4 heterocycles. The number of halogens is 1. The van der Waals surface area contributed by atoms with Gasteiger partial charge in [0.2, 0.25) is 5.91 Å². The smallest absolute Gasteiger partial charge is 0.230 e. The fraction of sp³-hybridized carbons (Fsp3) is 0.440. The Balaban J connectivity index is 1.15. The van der Waals surface area contributed by atoms with E-state index in [2.05, 4.69) is 39.5 Å². The van der Waals surface area contributed by atoms with Crippen molar-refractivity contribution < 1.29 is 9.53 Å². The number of nitrogens with one attached hydrogen (secondary N) is 1. The molecule has 34 heavy (non-hydrogen) atoms. The third kappa shape index (κ3) is 4.86. The highest BCUT2D eigenvalue weighted by Crippen LogP contribution is 2.49. The molecule has 1 aliphatic carbocycles. The second kappa shape index (κ2) is 9.24. The Morgan fingerprint density at radius 2 is 2.15 bits per heavy atom. The summed E-state index contributed by atoms with van der Waals surface area (Å²) in [6, 6.07) is 5.48. The number of carbonyl (C=O) groups excluding carboxylic acids is 1. The molecule has 9 heteroatoms. The molecule has 2 aromatic heterocycles. The van der Waals surface area contributed by atoms with Crippen LogP contribution < -0.4 is 10.1 Å². The molecule has 2 aliphatic heterocycles. The second-order valence-electron chi connectivity index (χ2n) is 9.64. The maximum absolute atomic E-state index is 12.6. The van der Waals surface area contributed by atoms with Gasteiger partial charge >= 0.3 is 0 Å². The first-order valence-electron chi connectivity index (χ1n) is 11.5. The minimum atomic E-state index is -0.192. The molecule has 1 N–H and O–H groups in total. The van der Waals surface area contributed by atoms with E-state index in [0.29, 0.717) is 28.5 Å². The first-order chi connectivity index (χ1) is 16.4. The number of carbonyl (C=O) groups is 1. The van der Waals surface area contributed by atoms with E-state index in [9.17, 15) is 4.79 Å². The molecule has 1 spiro atoms. The van der Waals surface area contributed by atoms with Gasteiger partial charge in [0.1, 0.15) is 22.7 Å². The van der Waals surface area contributed by atoms with Crippen LogP contribution in [0.25, 0.3) is 5.57 Å². The van der Waals surface area contributed by atoms with Gasteiger partial charge in [0.05, 0.1) is 24.9 Å². The molecule has 2 aromatic rings. The first kappa shape index (κ1) is 22.6. The van der Waals surface area contributed by atoms with Gasteiger partial charge in [0.15, 0.2) is 6.19 Å². The van der Waals surface area contributed by atoms with E-state index < -0.39 is 0 Å².